The minimum atomic E-state index is 0.107. The fourth-order valence-corrected chi connectivity index (χ4v) is 4.09. The number of aromatic amines is 1. The molecule has 1 saturated carbocycles. The molecule has 1 amide bonds. The van der Waals surface area contributed by atoms with E-state index in [-0.39, 0.29) is 5.92 Å². The van der Waals surface area contributed by atoms with E-state index < -0.39 is 0 Å². The van der Waals surface area contributed by atoms with Gasteiger partial charge in [-0.15, -0.1) is 0 Å². The third-order valence-electron chi connectivity index (χ3n) is 5.52. The Kier molecular flexibility index (Phi) is 4.24. The van der Waals surface area contributed by atoms with Gasteiger partial charge in [-0.05, 0) is 49.8 Å². The number of aromatic nitrogens is 2. The van der Waals surface area contributed by atoms with Crippen LogP contribution in [-0.4, -0.2) is 41.2 Å². The van der Waals surface area contributed by atoms with Gasteiger partial charge < -0.3 is 9.64 Å². The van der Waals surface area contributed by atoms with Crippen molar-refractivity contribution in [1.82, 2.24) is 15.1 Å². The van der Waals surface area contributed by atoms with Gasteiger partial charge in [-0.3, -0.25) is 9.89 Å². The summed E-state index contributed by atoms with van der Waals surface area (Å²) in [6.07, 6.45) is 3.09. The number of aryl methyl sites for hydroxylation is 1. The molecule has 25 heavy (non-hydrogen) atoms. The average Bonchev–Trinajstić information content (AvgIpc) is 3.34. The van der Waals surface area contributed by atoms with Crippen LogP contribution in [0.4, 0.5) is 0 Å². The Labute approximate surface area is 148 Å². The smallest absolute Gasteiger partial charge is 0.226 e. The van der Waals surface area contributed by atoms with E-state index in [9.17, 15) is 4.79 Å². The summed E-state index contributed by atoms with van der Waals surface area (Å²) in [5.41, 5.74) is 3.34. The third-order valence-corrected chi connectivity index (χ3v) is 5.52. The van der Waals surface area contributed by atoms with E-state index in [1.54, 1.807) is 7.11 Å². The molecule has 2 heterocycles. The Morgan fingerprint density at radius 2 is 2.20 bits per heavy atom. The van der Waals surface area contributed by atoms with E-state index in [1.807, 2.05) is 25.1 Å². The average molecular weight is 339 g/mol. The van der Waals surface area contributed by atoms with E-state index in [4.69, 9.17) is 4.74 Å². The topological polar surface area (TPSA) is 58.2 Å². The Hall–Kier alpha value is -2.30. The van der Waals surface area contributed by atoms with Gasteiger partial charge in [0.1, 0.15) is 5.75 Å². The van der Waals surface area contributed by atoms with Crippen LogP contribution in [0.5, 0.6) is 5.75 Å². The van der Waals surface area contributed by atoms with Crippen molar-refractivity contribution in [3.8, 4) is 5.75 Å². The quantitative estimate of drug-likeness (QED) is 0.930. The van der Waals surface area contributed by atoms with Crippen LogP contribution in [0.3, 0.4) is 0 Å². The lowest BCUT2D eigenvalue weighted by atomic mass is 9.94. The van der Waals surface area contributed by atoms with Gasteiger partial charge in [0.05, 0.1) is 12.8 Å². The number of hydrogen-bond donors (Lipinski definition) is 1. The number of carbonyl (C=O) groups is 1. The molecule has 0 unspecified atom stereocenters. The summed E-state index contributed by atoms with van der Waals surface area (Å²) in [5, 5.41) is 7.42. The molecule has 2 fully saturated rings. The molecule has 0 spiro atoms. The monoisotopic (exact) mass is 339 g/mol. The van der Waals surface area contributed by atoms with E-state index in [0.717, 1.165) is 49.5 Å². The number of amides is 1. The predicted molar refractivity (Wildman–Crippen MR) is 95.7 cm³/mol. The minimum Gasteiger partial charge on any atom is -0.496 e. The third kappa shape index (κ3) is 3.15. The summed E-state index contributed by atoms with van der Waals surface area (Å²) >= 11 is 0. The molecular formula is C20H25N3O2. The van der Waals surface area contributed by atoms with Crippen molar-refractivity contribution >= 4 is 5.91 Å². The highest BCUT2D eigenvalue weighted by molar-refractivity contribution is 5.83. The molecule has 4 rings (SSSR count). The van der Waals surface area contributed by atoms with Crippen LogP contribution < -0.4 is 4.74 Å². The zero-order valence-corrected chi connectivity index (χ0v) is 14.9. The summed E-state index contributed by atoms with van der Waals surface area (Å²) in [4.78, 5) is 15.0. The molecule has 3 atom stereocenters. The minimum absolute atomic E-state index is 0.107. The summed E-state index contributed by atoms with van der Waals surface area (Å²) in [7, 11) is 1.69. The van der Waals surface area contributed by atoms with Crippen LogP contribution in [0.2, 0.25) is 0 Å². The number of benzene rings is 1. The predicted octanol–water partition coefficient (Wildman–Crippen LogP) is 3.24. The fourth-order valence-electron chi connectivity index (χ4n) is 4.09. The Balaban J connectivity index is 1.43. The molecule has 1 aromatic carbocycles. The van der Waals surface area contributed by atoms with Gasteiger partial charge in [0.25, 0.3) is 0 Å². The molecule has 132 valence electrons. The highest BCUT2D eigenvalue weighted by Crippen LogP contribution is 2.51. The first kappa shape index (κ1) is 16.2. The highest BCUT2D eigenvalue weighted by atomic mass is 16.5. The molecule has 1 aromatic heterocycles. The molecule has 5 nitrogen and oxygen atoms in total. The fraction of sp³-hybridized carbons (Fsp3) is 0.500. The van der Waals surface area contributed by atoms with Gasteiger partial charge in [0.15, 0.2) is 0 Å². The maximum atomic E-state index is 13.0. The maximum absolute atomic E-state index is 13.0. The molecule has 1 aliphatic carbocycles. The van der Waals surface area contributed by atoms with Gasteiger partial charge in [0.2, 0.25) is 5.91 Å². The summed E-state index contributed by atoms with van der Waals surface area (Å²) in [6.45, 7) is 3.68. The first-order valence-electron chi connectivity index (χ1n) is 9.11. The highest BCUT2D eigenvalue weighted by Gasteiger charge is 2.47. The van der Waals surface area contributed by atoms with Gasteiger partial charge in [-0.1, -0.05) is 18.2 Å². The van der Waals surface area contributed by atoms with Crippen LogP contribution in [0, 0.1) is 12.8 Å². The van der Waals surface area contributed by atoms with Crippen LogP contribution in [0.1, 0.15) is 48.0 Å². The van der Waals surface area contributed by atoms with Crippen molar-refractivity contribution < 1.29 is 9.53 Å². The van der Waals surface area contributed by atoms with E-state index in [0.29, 0.717) is 17.7 Å². The lowest BCUT2D eigenvalue weighted by Crippen LogP contribution is -2.40. The maximum Gasteiger partial charge on any atom is 0.226 e. The first-order chi connectivity index (χ1) is 12.2. The van der Waals surface area contributed by atoms with Crippen LogP contribution in [-0.2, 0) is 4.79 Å². The molecule has 2 aliphatic rings. The normalized spacial score (nSPS) is 25.7. The van der Waals surface area contributed by atoms with Crippen LogP contribution >= 0.6 is 0 Å². The van der Waals surface area contributed by atoms with Gasteiger partial charge in [-0.2, -0.15) is 5.10 Å². The molecule has 2 aromatic rings. The number of hydrogen-bond acceptors (Lipinski definition) is 3. The number of likely N-dealkylation sites (tertiary alicyclic amines) is 1. The summed E-state index contributed by atoms with van der Waals surface area (Å²) < 4.78 is 5.46. The number of rotatable bonds is 4. The van der Waals surface area contributed by atoms with Crippen molar-refractivity contribution in [2.45, 2.75) is 38.0 Å². The Morgan fingerprint density at radius 1 is 1.36 bits per heavy atom. The Bertz CT molecular complexity index is 770. The number of methoxy groups -OCH3 is 1. The number of carbonyl (C=O) groups excluding carboxylic acids is 1. The van der Waals surface area contributed by atoms with E-state index in [1.165, 1.54) is 5.56 Å². The zero-order valence-electron chi connectivity index (χ0n) is 14.9. The number of ether oxygens (including phenoxy) is 1. The van der Waals surface area contributed by atoms with Crippen LogP contribution in [0.15, 0.2) is 30.3 Å². The van der Waals surface area contributed by atoms with Crippen molar-refractivity contribution in [2.24, 2.45) is 5.92 Å². The first-order valence-corrected chi connectivity index (χ1v) is 9.11. The molecule has 1 N–H and O–H groups in total. The van der Waals surface area contributed by atoms with Gasteiger partial charge >= 0.3 is 0 Å². The SMILES string of the molecule is COc1ccccc1[C@@H]1C[C@H]1C(=O)N1CCC[C@@H](c2cc(C)[nH]n2)C1. The van der Waals surface area contributed by atoms with Gasteiger partial charge in [0, 0.05) is 30.6 Å². The van der Waals surface area contributed by atoms with Crippen molar-refractivity contribution in [3.05, 3.63) is 47.3 Å². The Morgan fingerprint density at radius 3 is 2.96 bits per heavy atom. The lowest BCUT2D eigenvalue weighted by molar-refractivity contribution is -0.133. The second-order valence-corrected chi connectivity index (χ2v) is 7.29. The standard InChI is InChI=1S/C20H25N3O2/c1-13-10-18(22-21-13)14-6-5-9-23(12-14)20(24)17-11-16(17)15-7-3-4-8-19(15)25-2/h3-4,7-8,10,14,16-17H,5-6,9,11-12H2,1-2H3,(H,21,22)/t14-,16+,17-/m1/s1. The molecule has 0 bridgehead atoms. The summed E-state index contributed by atoms with van der Waals surface area (Å²) in [6, 6.07) is 10.2. The second kappa shape index (κ2) is 6.54. The van der Waals surface area contributed by atoms with Crippen molar-refractivity contribution in [3.63, 3.8) is 0 Å². The van der Waals surface area contributed by atoms with E-state index in [2.05, 4.69) is 27.2 Å². The van der Waals surface area contributed by atoms with E-state index >= 15 is 0 Å². The largest absolute Gasteiger partial charge is 0.496 e. The molecule has 1 saturated heterocycles. The molecule has 5 heteroatoms. The number of para-hydroxylation sites is 1. The van der Waals surface area contributed by atoms with Crippen molar-refractivity contribution in [2.75, 3.05) is 20.2 Å². The number of H-pyrrole nitrogens is 1. The van der Waals surface area contributed by atoms with Gasteiger partial charge in [-0.25, -0.2) is 0 Å². The molecule has 1 aliphatic heterocycles. The second-order valence-electron chi connectivity index (χ2n) is 7.29. The number of nitrogens with zero attached hydrogens (tertiary/aromatic N) is 2. The number of piperidine rings is 1. The van der Waals surface area contributed by atoms with Crippen LogP contribution in [0.25, 0.3) is 0 Å². The zero-order chi connectivity index (χ0) is 17.4. The lowest BCUT2D eigenvalue weighted by Gasteiger charge is -2.32. The molecule has 0 radical (unpaired) electrons. The number of nitrogens with one attached hydrogen (secondary N) is 1. The van der Waals surface area contributed by atoms with Crippen molar-refractivity contribution in [1.29, 1.82) is 0 Å². The summed E-state index contributed by atoms with van der Waals surface area (Å²) in [5.74, 6) is 1.96. The molecular weight excluding hydrogens is 314 g/mol.